The van der Waals surface area contributed by atoms with E-state index in [1.54, 1.807) is 12.1 Å². The highest BCUT2D eigenvalue weighted by molar-refractivity contribution is 6.10. The molecule has 0 radical (unpaired) electrons. The van der Waals surface area contributed by atoms with Crippen molar-refractivity contribution in [1.82, 2.24) is 0 Å². The van der Waals surface area contributed by atoms with Crippen molar-refractivity contribution in [2.45, 2.75) is 0 Å². The standard InChI is InChI=1S/C52H30O2/c53-49-31-29-45-33-41(25-21-37-13-5-1-6-14-37)43(27-23-39-17-9-3-10-18-39)35-47(45)51(49)52-48-36-44(28-24-40-19-11-4-12-20-40)42(34-46(48)30-32-50(52)54)26-22-38-15-7-2-8-16-38/h1-20,29-36,53-54H. The van der Waals surface area contributed by atoms with Gasteiger partial charge in [0.05, 0.1) is 0 Å². The molecule has 8 rings (SSSR count). The van der Waals surface area contributed by atoms with Crippen LogP contribution in [0.4, 0.5) is 0 Å². The van der Waals surface area contributed by atoms with Crippen LogP contribution in [0.5, 0.6) is 11.5 Å². The van der Waals surface area contributed by atoms with Gasteiger partial charge in [-0.1, -0.05) is 132 Å². The summed E-state index contributed by atoms with van der Waals surface area (Å²) in [6.07, 6.45) is 0. The average molecular weight is 687 g/mol. The second-order valence-corrected chi connectivity index (χ2v) is 12.6. The monoisotopic (exact) mass is 686 g/mol. The van der Waals surface area contributed by atoms with Crippen molar-refractivity contribution in [3.8, 4) is 70.0 Å². The fourth-order valence-corrected chi connectivity index (χ4v) is 6.30. The fourth-order valence-electron chi connectivity index (χ4n) is 6.30. The van der Waals surface area contributed by atoms with Crippen molar-refractivity contribution in [2.75, 3.05) is 0 Å². The number of fused-ring (bicyclic) bond motifs is 2. The highest BCUT2D eigenvalue weighted by Crippen LogP contribution is 2.45. The van der Waals surface area contributed by atoms with Gasteiger partial charge in [-0.25, -0.2) is 0 Å². The van der Waals surface area contributed by atoms with E-state index in [-0.39, 0.29) is 11.5 Å². The summed E-state index contributed by atoms with van der Waals surface area (Å²) in [6, 6.07) is 54.2. The first-order chi connectivity index (χ1) is 26.6. The molecule has 2 N–H and O–H groups in total. The SMILES string of the molecule is Oc1ccc2cc(C#Cc3ccccc3)c(C#Cc3ccccc3)cc2c1-c1c(O)ccc2cc(C#Cc3ccccc3)c(C#Cc3ccccc3)cc12. The first-order valence-electron chi connectivity index (χ1n) is 17.5. The minimum atomic E-state index is 0.0280. The van der Waals surface area contributed by atoms with Gasteiger partial charge < -0.3 is 10.2 Å². The molecule has 250 valence electrons. The van der Waals surface area contributed by atoms with Crippen LogP contribution in [0.25, 0.3) is 32.7 Å². The zero-order valence-electron chi connectivity index (χ0n) is 29.1. The Balaban J connectivity index is 1.36. The van der Waals surface area contributed by atoms with Gasteiger partial charge in [-0.05, 0) is 106 Å². The smallest absolute Gasteiger partial charge is 0.124 e. The Morgan fingerprint density at radius 3 is 0.852 bits per heavy atom. The van der Waals surface area contributed by atoms with Crippen molar-refractivity contribution < 1.29 is 10.2 Å². The molecule has 0 aliphatic rings. The summed E-state index contributed by atoms with van der Waals surface area (Å²) in [6.45, 7) is 0. The van der Waals surface area contributed by atoms with E-state index >= 15 is 0 Å². The molecular formula is C52H30O2. The van der Waals surface area contributed by atoms with E-state index in [0.29, 0.717) is 22.3 Å². The Morgan fingerprint density at radius 1 is 0.278 bits per heavy atom. The van der Waals surface area contributed by atoms with E-state index in [9.17, 15) is 10.2 Å². The Kier molecular flexibility index (Phi) is 9.34. The molecule has 0 aliphatic carbocycles. The predicted octanol–water partition coefficient (Wildman–Crippen LogP) is 10.7. The quantitative estimate of drug-likeness (QED) is 0.169. The molecule has 0 spiro atoms. The van der Waals surface area contributed by atoms with Crippen LogP contribution in [-0.2, 0) is 0 Å². The van der Waals surface area contributed by atoms with Crippen LogP contribution in [0.15, 0.2) is 170 Å². The molecule has 8 aromatic carbocycles. The highest BCUT2D eigenvalue weighted by Gasteiger charge is 2.19. The minimum Gasteiger partial charge on any atom is -0.507 e. The van der Waals surface area contributed by atoms with Gasteiger partial charge in [0.1, 0.15) is 11.5 Å². The van der Waals surface area contributed by atoms with E-state index < -0.39 is 0 Å². The molecule has 8 aromatic rings. The van der Waals surface area contributed by atoms with E-state index in [2.05, 4.69) is 47.4 Å². The van der Waals surface area contributed by atoms with Gasteiger partial charge in [-0.15, -0.1) is 0 Å². The van der Waals surface area contributed by atoms with Crippen LogP contribution >= 0.6 is 0 Å². The molecule has 0 amide bonds. The Morgan fingerprint density at radius 2 is 0.556 bits per heavy atom. The average Bonchev–Trinajstić information content (AvgIpc) is 3.22. The van der Waals surface area contributed by atoms with E-state index in [4.69, 9.17) is 0 Å². The summed E-state index contributed by atoms with van der Waals surface area (Å²) in [5, 5.41) is 26.4. The molecule has 0 unspecified atom stereocenters. The summed E-state index contributed by atoms with van der Waals surface area (Å²) in [5.41, 5.74) is 7.44. The fraction of sp³-hybridized carbons (Fsp3) is 0. The second-order valence-electron chi connectivity index (χ2n) is 12.6. The molecule has 0 saturated heterocycles. The van der Waals surface area contributed by atoms with E-state index in [1.165, 1.54) is 0 Å². The maximum atomic E-state index is 11.6. The first kappa shape index (κ1) is 33.3. The summed E-state index contributed by atoms with van der Waals surface area (Å²) in [4.78, 5) is 0. The third-order valence-corrected chi connectivity index (χ3v) is 8.98. The molecule has 0 saturated carbocycles. The topological polar surface area (TPSA) is 40.5 Å². The predicted molar refractivity (Wildman–Crippen MR) is 220 cm³/mol. The lowest BCUT2D eigenvalue weighted by molar-refractivity contribution is 0.470. The largest absolute Gasteiger partial charge is 0.507 e. The van der Waals surface area contributed by atoms with Crippen molar-refractivity contribution in [2.24, 2.45) is 0 Å². The molecule has 54 heavy (non-hydrogen) atoms. The Labute approximate surface area is 315 Å². The number of phenolic OH excluding ortho intramolecular Hbond substituents is 2. The second kappa shape index (κ2) is 15.2. The molecule has 2 heteroatoms. The lowest BCUT2D eigenvalue weighted by Crippen LogP contribution is -1.93. The third kappa shape index (κ3) is 7.28. The zero-order valence-corrected chi connectivity index (χ0v) is 29.1. The maximum Gasteiger partial charge on any atom is 0.124 e. The lowest BCUT2D eigenvalue weighted by atomic mass is 9.89. The molecule has 2 nitrogen and oxygen atoms in total. The van der Waals surface area contributed by atoms with Crippen LogP contribution in [0.3, 0.4) is 0 Å². The lowest BCUT2D eigenvalue weighted by Gasteiger charge is -2.16. The molecule has 0 fully saturated rings. The number of hydrogen-bond donors (Lipinski definition) is 2. The van der Waals surface area contributed by atoms with Crippen molar-refractivity contribution in [1.29, 1.82) is 0 Å². The maximum absolute atomic E-state index is 11.6. The van der Waals surface area contributed by atoms with Crippen molar-refractivity contribution in [3.63, 3.8) is 0 Å². The molecule has 0 bridgehead atoms. The van der Waals surface area contributed by atoms with Gasteiger partial charge in [0.15, 0.2) is 0 Å². The van der Waals surface area contributed by atoms with Crippen LogP contribution in [0.1, 0.15) is 44.5 Å². The van der Waals surface area contributed by atoms with Gasteiger partial charge >= 0.3 is 0 Å². The Bertz CT molecular complexity index is 2730. The summed E-state index contributed by atoms with van der Waals surface area (Å²) < 4.78 is 0. The molecule has 0 heterocycles. The van der Waals surface area contributed by atoms with Gasteiger partial charge in [-0.2, -0.15) is 0 Å². The number of phenols is 2. The minimum absolute atomic E-state index is 0.0280. The van der Waals surface area contributed by atoms with Gasteiger partial charge in [0.2, 0.25) is 0 Å². The number of benzene rings is 8. The number of hydrogen-bond acceptors (Lipinski definition) is 2. The molecule has 0 aromatic heterocycles. The summed E-state index contributed by atoms with van der Waals surface area (Å²) >= 11 is 0. The van der Waals surface area contributed by atoms with Crippen molar-refractivity contribution in [3.05, 3.63) is 214 Å². The third-order valence-electron chi connectivity index (χ3n) is 8.98. The summed E-state index contributed by atoms with van der Waals surface area (Å²) in [5.74, 6) is 26.6. The zero-order chi connectivity index (χ0) is 36.7. The molecule has 0 aliphatic heterocycles. The van der Waals surface area contributed by atoms with E-state index in [1.807, 2.05) is 158 Å². The van der Waals surface area contributed by atoms with Gasteiger partial charge in [0, 0.05) is 55.6 Å². The normalized spacial score (nSPS) is 10.1. The number of aromatic hydroxyl groups is 2. The van der Waals surface area contributed by atoms with Crippen LogP contribution in [-0.4, -0.2) is 10.2 Å². The van der Waals surface area contributed by atoms with Crippen LogP contribution in [0.2, 0.25) is 0 Å². The van der Waals surface area contributed by atoms with E-state index in [0.717, 1.165) is 54.9 Å². The first-order valence-corrected chi connectivity index (χ1v) is 17.5. The summed E-state index contributed by atoms with van der Waals surface area (Å²) in [7, 11) is 0. The molecule has 0 atom stereocenters. The van der Waals surface area contributed by atoms with Crippen molar-refractivity contribution >= 4 is 21.5 Å². The highest BCUT2D eigenvalue weighted by atomic mass is 16.3. The van der Waals surface area contributed by atoms with Crippen LogP contribution in [0, 0.1) is 47.4 Å². The molecular weight excluding hydrogens is 657 g/mol. The van der Waals surface area contributed by atoms with Crippen LogP contribution < -0.4 is 0 Å². The van der Waals surface area contributed by atoms with Gasteiger partial charge in [-0.3, -0.25) is 0 Å². The Hall–Kier alpha value is -7.88. The van der Waals surface area contributed by atoms with Gasteiger partial charge in [0.25, 0.3) is 0 Å². The number of rotatable bonds is 1.